The van der Waals surface area contributed by atoms with Crippen LogP contribution in [-0.4, -0.2) is 48.9 Å². The fourth-order valence-electron chi connectivity index (χ4n) is 4.59. The van der Waals surface area contributed by atoms with Crippen molar-refractivity contribution in [2.24, 2.45) is 0 Å². The van der Waals surface area contributed by atoms with Crippen molar-refractivity contribution in [1.29, 1.82) is 0 Å². The molecule has 0 atom stereocenters. The molecule has 4 heteroatoms. The summed E-state index contributed by atoms with van der Waals surface area (Å²) in [6.07, 6.45) is 0. The third-order valence-electron chi connectivity index (χ3n) is 6.21. The second kappa shape index (κ2) is 8.40. The molecule has 1 saturated heterocycles. The van der Waals surface area contributed by atoms with Gasteiger partial charge < -0.3 is 9.64 Å². The van der Waals surface area contributed by atoms with Crippen LogP contribution >= 0.6 is 0 Å². The number of Topliss-reactive ketones (excluding diaryl/α,β-unsaturated/α-hetero) is 1. The van der Waals surface area contributed by atoms with Crippen LogP contribution in [0.4, 0.5) is 0 Å². The molecule has 0 N–H and O–H groups in total. The maximum absolute atomic E-state index is 13.4. The van der Waals surface area contributed by atoms with Crippen molar-refractivity contribution in [3.05, 3.63) is 101 Å². The van der Waals surface area contributed by atoms with Gasteiger partial charge in [0.25, 0.3) is 0 Å². The minimum absolute atomic E-state index is 0.113. The molecule has 0 spiro atoms. The zero-order valence-corrected chi connectivity index (χ0v) is 17.8. The van der Waals surface area contributed by atoms with Crippen LogP contribution in [0.15, 0.2) is 78.9 Å². The molecule has 0 saturated carbocycles. The highest BCUT2D eigenvalue weighted by Gasteiger charge is 2.34. The van der Waals surface area contributed by atoms with Crippen molar-refractivity contribution in [2.45, 2.75) is 6.54 Å². The molecular weight excluding hydrogens is 384 g/mol. The first-order chi connectivity index (χ1) is 15.2. The highest BCUT2D eigenvalue weighted by Crippen LogP contribution is 2.41. The van der Waals surface area contributed by atoms with Crippen LogP contribution in [0.5, 0.6) is 5.75 Å². The number of carbonyl (C=O) groups is 1. The molecule has 31 heavy (non-hydrogen) atoms. The van der Waals surface area contributed by atoms with Crippen LogP contribution in [-0.2, 0) is 6.54 Å². The molecule has 1 aliphatic carbocycles. The van der Waals surface area contributed by atoms with E-state index in [-0.39, 0.29) is 5.78 Å². The van der Waals surface area contributed by atoms with Crippen molar-refractivity contribution in [3.8, 4) is 5.75 Å². The maximum Gasteiger partial charge on any atom is 0.196 e. The van der Waals surface area contributed by atoms with Gasteiger partial charge in [-0.25, -0.2) is 0 Å². The largest absolute Gasteiger partial charge is 0.497 e. The van der Waals surface area contributed by atoms with Gasteiger partial charge in [0, 0.05) is 43.9 Å². The van der Waals surface area contributed by atoms with E-state index in [1.807, 2.05) is 42.5 Å². The Labute approximate surface area is 183 Å². The van der Waals surface area contributed by atoms with Crippen molar-refractivity contribution in [2.75, 3.05) is 33.3 Å². The number of rotatable bonds is 5. The van der Waals surface area contributed by atoms with E-state index in [0.717, 1.165) is 66.4 Å². The van der Waals surface area contributed by atoms with Gasteiger partial charge in [0.15, 0.2) is 5.78 Å². The van der Waals surface area contributed by atoms with E-state index >= 15 is 0 Å². The predicted molar refractivity (Wildman–Crippen MR) is 124 cm³/mol. The van der Waals surface area contributed by atoms with Crippen molar-refractivity contribution in [3.63, 3.8) is 0 Å². The number of fused-ring (bicyclic) bond motifs is 1. The number of ketones is 1. The summed E-state index contributed by atoms with van der Waals surface area (Å²) in [4.78, 5) is 18.3. The molecule has 3 aromatic carbocycles. The molecule has 1 aliphatic heterocycles. The number of methoxy groups -OCH3 is 1. The SMILES string of the molecule is COc1ccc(C2=C(N3CCN(Cc4ccccc4)CC3)c3ccccc3C2=O)cc1. The lowest BCUT2D eigenvalue weighted by molar-refractivity contribution is 0.105. The monoisotopic (exact) mass is 410 g/mol. The Balaban J connectivity index is 1.44. The maximum atomic E-state index is 13.4. The summed E-state index contributed by atoms with van der Waals surface area (Å²) in [7, 11) is 1.66. The molecule has 0 unspecified atom stereocenters. The lowest BCUT2D eigenvalue weighted by atomic mass is 10.0. The minimum Gasteiger partial charge on any atom is -0.497 e. The van der Waals surface area contributed by atoms with Gasteiger partial charge in [0.05, 0.1) is 18.4 Å². The lowest BCUT2D eigenvalue weighted by Crippen LogP contribution is -2.45. The quantitative estimate of drug-likeness (QED) is 0.617. The summed E-state index contributed by atoms with van der Waals surface area (Å²) >= 11 is 0. The zero-order chi connectivity index (χ0) is 21.2. The number of benzene rings is 3. The fraction of sp³-hybridized carbons (Fsp3) is 0.222. The van der Waals surface area contributed by atoms with E-state index < -0.39 is 0 Å². The number of nitrogens with zero attached hydrogens (tertiary/aromatic N) is 2. The number of allylic oxidation sites excluding steroid dienone is 1. The van der Waals surface area contributed by atoms with E-state index in [1.165, 1.54) is 5.56 Å². The molecular formula is C27H26N2O2. The normalized spacial score (nSPS) is 16.5. The Kier molecular flexibility index (Phi) is 5.31. The average molecular weight is 411 g/mol. The minimum atomic E-state index is 0.113. The predicted octanol–water partition coefficient (Wildman–Crippen LogP) is 4.58. The van der Waals surface area contributed by atoms with E-state index in [2.05, 4.69) is 46.2 Å². The molecule has 0 aromatic heterocycles. The van der Waals surface area contributed by atoms with Crippen LogP contribution in [0.2, 0.25) is 0 Å². The number of piperazine rings is 1. The number of hydrogen-bond donors (Lipinski definition) is 0. The highest BCUT2D eigenvalue weighted by atomic mass is 16.5. The third-order valence-corrected chi connectivity index (χ3v) is 6.21. The summed E-state index contributed by atoms with van der Waals surface area (Å²) in [5.41, 5.74) is 6.02. The molecule has 4 nitrogen and oxygen atoms in total. The van der Waals surface area contributed by atoms with Gasteiger partial charge in [-0.05, 0) is 23.3 Å². The molecule has 1 fully saturated rings. The molecule has 0 radical (unpaired) electrons. The molecule has 0 bridgehead atoms. The van der Waals surface area contributed by atoms with Gasteiger partial charge in [-0.1, -0.05) is 66.7 Å². The highest BCUT2D eigenvalue weighted by molar-refractivity contribution is 6.39. The zero-order valence-electron chi connectivity index (χ0n) is 17.8. The first kappa shape index (κ1) is 19.6. The summed E-state index contributed by atoms with van der Waals surface area (Å²) in [5, 5.41) is 0. The van der Waals surface area contributed by atoms with Gasteiger partial charge >= 0.3 is 0 Å². The van der Waals surface area contributed by atoms with Crippen LogP contribution in [0.1, 0.15) is 27.0 Å². The van der Waals surface area contributed by atoms with Crippen molar-refractivity contribution >= 4 is 17.1 Å². The first-order valence-corrected chi connectivity index (χ1v) is 10.8. The van der Waals surface area contributed by atoms with Gasteiger partial charge in [0.2, 0.25) is 0 Å². The molecule has 2 aliphatic rings. The first-order valence-electron chi connectivity index (χ1n) is 10.8. The number of ether oxygens (including phenoxy) is 1. The van der Waals surface area contributed by atoms with Gasteiger partial charge in [0.1, 0.15) is 5.75 Å². The Hall–Kier alpha value is -3.37. The van der Waals surface area contributed by atoms with Gasteiger partial charge in [-0.15, -0.1) is 0 Å². The summed E-state index contributed by atoms with van der Waals surface area (Å²) in [6.45, 7) is 4.73. The summed E-state index contributed by atoms with van der Waals surface area (Å²) < 4.78 is 5.31. The molecule has 1 heterocycles. The Morgan fingerprint density at radius 1 is 0.774 bits per heavy atom. The third kappa shape index (κ3) is 3.75. The average Bonchev–Trinajstić information content (AvgIpc) is 3.13. The molecule has 156 valence electrons. The van der Waals surface area contributed by atoms with Crippen molar-refractivity contribution < 1.29 is 9.53 Å². The molecule has 0 amide bonds. The van der Waals surface area contributed by atoms with Crippen LogP contribution in [0, 0.1) is 0 Å². The summed E-state index contributed by atoms with van der Waals surface area (Å²) in [5.74, 6) is 0.908. The fourth-order valence-corrected chi connectivity index (χ4v) is 4.59. The lowest BCUT2D eigenvalue weighted by Gasteiger charge is -2.37. The van der Waals surface area contributed by atoms with Crippen molar-refractivity contribution in [1.82, 2.24) is 9.80 Å². The van der Waals surface area contributed by atoms with Crippen LogP contribution < -0.4 is 4.74 Å². The number of carbonyl (C=O) groups excluding carboxylic acids is 1. The van der Waals surface area contributed by atoms with E-state index in [1.54, 1.807) is 7.11 Å². The van der Waals surface area contributed by atoms with E-state index in [0.29, 0.717) is 0 Å². The Morgan fingerprint density at radius 2 is 1.42 bits per heavy atom. The number of hydrogen-bond acceptors (Lipinski definition) is 4. The topological polar surface area (TPSA) is 32.8 Å². The van der Waals surface area contributed by atoms with Crippen LogP contribution in [0.3, 0.4) is 0 Å². The Morgan fingerprint density at radius 3 is 2.10 bits per heavy atom. The standard InChI is InChI=1S/C27H26N2O2/c1-31-22-13-11-21(12-14-22)25-26(23-9-5-6-10-24(23)27(25)30)29-17-15-28(16-18-29)19-20-7-3-2-4-8-20/h2-14H,15-19H2,1H3. The van der Waals surface area contributed by atoms with E-state index in [4.69, 9.17) is 4.74 Å². The Bertz CT molecular complexity index is 1110. The molecule has 3 aromatic rings. The van der Waals surface area contributed by atoms with Gasteiger partial charge in [-0.3, -0.25) is 9.69 Å². The molecule has 5 rings (SSSR count). The van der Waals surface area contributed by atoms with Gasteiger partial charge in [-0.2, -0.15) is 0 Å². The van der Waals surface area contributed by atoms with E-state index in [9.17, 15) is 4.79 Å². The summed E-state index contributed by atoms with van der Waals surface area (Å²) in [6, 6.07) is 26.4. The second-order valence-electron chi connectivity index (χ2n) is 8.08. The van der Waals surface area contributed by atoms with Crippen LogP contribution in [0.25, 0.3) is 11.3 Å². The second-order valence-corrected chi connectivity index (χ2v) is 8.08. The smallest absolute Gasteiger partial charge is 0.196 e.